The molecule has 0 aliphatic heterocycles. The predicted octanol–water partition coefficient (Wildman–Crippen LogP) is 24.1. The highest BCUT2D eigenvalue weighted by Crippen LogP contribution is 2.17. The van der Waals surface area contributed by atoms with Crippen molar-refractivity contribution in [3.63, 3.8) is 0 Å². The highest BCUT2D eigenvalue weighted by atomic mass is 16.6. The molecule has 0 saturated heterocycles. The summed E-state index contributed by atoms with van der Waals surface area (Å²) in [6.07, 6.45) is 99.0. The molecule has 0 aliphatic rings. The Morgan fingerprint density at radius 1 is 0.253 bits per heavy atom. The van der Waals surface area contributed by atoms with Crippen LogP contribution in [0.3, 0.4) is 0 Å². The molecule has 0 amide bonds. The molecular weight excluding hydrogens is 1020 g/mol. The number of rotatable bonds is 62. The Balaban J connectivity index is 4.46. The molecule has 1 unspecified atom stereocenters. The Hall–Kier alpha value is -4.45. The predicted molar refractivity (Wildman–Crippen MR) is 362 cm³/mol. The second-order valence-corrected chi connectivity index (χ2v) is 22.7. The van der Waals surface area contributed by atoms with Crippen LogP contribution >= 0.6 is 0 Å². The van der Waals surface area contributed by atoms with Gasteiger partial charge < -0.3 is 14.2 Å². The summed E-state index contributed by atoms with van der Waals surface area (Å²) in [5.41, 5.74) is 0. The largest absolute Gasteiger partial charge is 0.462 e. The molecule has 0 spiro atoms. The van der Waals surface area contributed by atoms with Gasteiger partial charge in [0, 0.05) is 19.3 Å². The number of carbonyl (C=O) groups excluding carboxylic acids is 3. The van der Waals surface area contributed by atoms with E-state index in [0.717, 1.165) is 148 Å². The number of carbonyl (C=O) groups is 3. The Morgan fingerprint density at radius 3 is 0.747 bits per heavy atom. The van der Waals surface area contributed by atoms with Crippen molar-refractivity contribution < 1.29 is 28.6 Å². The van der Waals surface area contributed by atoms with E-state index in [2.05, 4.69) is 154 Å². The van der Waals surface area contributed by atoms with Crippen LogP contribution in [0.1, 0.15) is 316 Å². The lowest BCUT2D eigenvalue weighted by Gasteiger charge is -2.18. The van der Waals surface area contributed by atoms with Gasteiger partial charge in [-0.05, 0) is 116 Å². The molecule has 83 heavy (non-hydrogen) atoms. The summed E-state index contributed by atoms with van der Waals surface area (Å²) in [7, 11) is 0. The Kier molecular flexibility index (Phi) is 66.3. The van der Waals surface area contributed by atoms with Crippen molar-refractivity contribution in [2.75, 3.05) is 13.2 Å². The Morgan fingerprint density at radius 2 is 0.470 bits per heavy atom. The molecule has 6 nitrogen and oxygen atoms in total. The third kappa shape index (κ3) is 68.2. The normalized spacial score (nSPS) is 13.0. The molecule has 0 N–H and O–H groups in total. The van der Waals surface area contributed by atoms with Crippen molar-refractivity contribution in [1.82, 2.24) is 0 Å². The fraction of sp³-hybridized carbons (Fsp3) is 0.675. The van der Waals surface area contributed by atoms with Gasteiger partial charge in [0.1, 0.15) is 13.2 Å². The fourth-order valence-corrected chi connectivity index (χ4v) is 9.53. The average molecular weight is 1150 g/mol. The lowest BCUT2D eigenvalue weighted by molar-refractivity contribution is -0.167. The molecular formula is C77H128O6. The van der Waals surface area contributed by atoms with E-state index >= 15 is 0 Å². The maximum absolute atomic E-state index is 13.0. The van der Waals surface area contributed by atoms with Gasteiger partial charge in [-0.2, -0.15) is 0 Å². The number of allylic oxidation sites excluding steroid dienone is 22. The van der Waals surface area contributed by atoms with Crippen LogP contribution in [0, 0.1) is 0 Å². The minimum absolute atomic E-state index is 0.103. The average Bonchev–Trinajstić information content (AvgIpc) is 3.49. The van der Waals surface area contributed by atoms with Crippen molar-refractivity contribution >= 4 is 17.9 Å². The summed E-state index contributed by atoms with van der Waals surface area (Å²) in [5, 5.41) is 0. The number of unbranched alkanes of at least 4 members (excludes halogenated alkanes) is 29. The summed E-state index contributed by atoms with van der Waals surface area (Å²) in [5.74, 6) is -0.948. The van der Waals surface area contributed by atoms with Gasteiger partial charge in [-0.15, -0.1) is 0 Å². The third-order valence-electron chi connectivity index (χ3n) is 14.7. The molecule has 0 saturated carbocycles. The van der Waals surface area contributed by atoms with Gasteiger partial charge in [0.2, 0.25) is 0 Å². The Labute approximate surface area is 513 Å². The lowest BCUT2D eigenvalue weighted by atomic mass is 10.0. The second-order valence-electron chi connectivity index (χ2n) is 22.7. The molecule has 0 fully saturated rings. The molecule has 0 aromatic heterocycles. The zero-order chi connectivity index (χ0) is 59.9. The van der Waals surface area contributed by atoms with E-state index in [9.17, 15) is 14.4 Å². The minimum Gasteiger partial charge on any atom is -0.462 e. The zero-order valence-corrected chi connectivity index (χ0v) is 54.2. The maximum atomic E-state index is 13.0. The maximum Gasteiger partial charge on any atom is 0.306 e. The van der Waals surface area contributed by atoms with Gasteiger partial charge in [-0.3, -0.25) is 14.4 Å². The van der Waals surface area contributed by atoms with Crippen LogP contribution in [-0.4, -0.2) is 37.2 Å². The molecule has 0 aromatic rings. The quantitative estimate of drug-likeness (QED) is 0.0261. The molecule has 0 bridgehead atoms. The molecule has 0 aromatic carbocycles. The topological polar surface area (TPSA) is 78.9 Å². The number of hydrogen-bond donors (Lipinski definition) is 0. The third-order valence-corrected chi connectivity index (χ3v) is 14.7. The van der Waals surface area contributed by atoms with E-state index in [0.29, 0.717) is 19.3 Å². The second kappa shape index (κ2) is 70.0. The van der Waals surface area contributed by atoms with Crippen LogP contribution in [0.15, 0.2) is 134 Å². The van der Waals surface area contributed by atoms with Crippen molar-refractivity contribution in [2.45, 2.75) is 322 Å². The number of ether oxygens (including phenoxy) is 3. The van der Waals surface area contributed by atoms with Crippen molar-refractivity contribution in [1.29, 1.82) is 0 Å². The monoisotopic (exact) mass is 1150 g/mol. The number of hydrogen-bond acceptors (Lipinski definition) is 6. The van der Waals surface area contributed by atoms with Crippen molar-refractivity contribution in [3.05, 3.63) is 134 Å². The molecule has 0 rings (SSSR count). The van der Waals surface area contributed by atoms with E-state index in [1.807, 2.05) is 0 Å². The smallest absolute Gasteiger partial charge is 0.306 e. The van der Waals surface area contributed by atoms with Crippen LogP contribution < -0.4 is 0 Å². The van der Waals surface area contributed by atoms with E-state index in [1.54, 1.807) is 0 Å². The summed E-state index contributed by atoms with van der Waals surface area (Å²) >= 11 is 0. The van der Waals surface area contributed by atoms with Crippen molar-refractivity contribution in [2.24, 2.45) is 0 Å². The molecule has 0 heterocycles. The Bertz CT molecular complexity index is 1750. The molecule has 0 radical (unpaired) electrons. The number of esters is 3. The fourth-order valence-electron chi connectivity index (χ4n) is 9.53. The molecule has 472 valence electrons. The van der Waals surface area contributed by atoms with Gasteiger partial charge in [0.25, 0.3) is 0 Å². The van der Waals surface area contributed by atoms with Crippen molar-refractivity contribution in [3.8, 4) is 0 Å². The van der Waals surface area contributed by atoms with Gasteiger partial charge in [0.05, 0.1) is 0 Å². The van der Waals surface area contributed by atoms with Crippen LogP contribution in [0.4, 0.5) is 0 Å². The first-order valence-corrected chi connectivity index (χ1v) is 34.7. The van der Waals surface area contributed by atoms with Gasteiger partial charge in [0.15, 0.2) is 6.10 Å². The van der Waals surface area contributed by atoms with Crippen LogP contribution in [0.2, 0.25) is 0 Å². The standard InChI is InChI=1S/C77H128O6/c1-4-7-10-13-16-19-22-25-28-31-33-35-37-38-40-41-43-46-49-52-55-58-61-64-67-70-76(79)82-73-74(72-81-75(78)69-66-63-60-57-54-51-48-45-30-27-24-21-18-15-12-9-6-3)83-77(80)71-68-65-62-59-56-53-50-47-44-42-39-36-34-32-29-26-23-20-17-14-11-8-5-2/h7,9-10,12,16,18-19,21,25,27-28,30,33,35,38,40,43,46,48,51-52,55,74H,4-6,8,11,13-15,17,20,22-24,26,29,31-32,34,36-37,39,41-42,44-45,47,49-50,53-54,56-73H2,1-3H3/b10-7-,12-9-,19-16-,21-18-,28-25-,30-27-,35-33-,40-38-,46-43-,51-48-,55-52-. The van der Waals surface area contributed by atoms with Crippen LogP contribution in [0.25, 0.3) is 0 Å². The highest BCUT2D eigenvalue weighted by Gasteiger charge is 2.19. The zero-order valence-electron chi connectivity index (χ0n) is 54.2. The van der Waals surface area contributed by atoms with E-state index in [-0.39, 0.29) is 31.1 Å². The SMILES string of the molecule is CC/C=C\C/C=C\C/C=C\C/C=C\C/C=C\C/C=C\C/C=C\CCCCCC(=O)OCC(COC(=O)CCCCCC/C=C\C/C=C\C/C=C\C/C=C\CC)OC(=O)CCCCCCCCCCCCCCCCCCCCCCCCC. The molecule has 6 heteroatoms. The summed E-state index contributed by atoms with van der Waals surface area (Å²) in [4.78, 5) is 38.5. The summed E-state index contributed by atoms with van der Waals surface area (Å²) in [6, 6.07) is 0. The van der Waals surface area contributed by atoms with E-state index < -0.39 is 6.10 Å². The van der Waals surface area contributed by atoms with Gasteiger partial charge >= 0.3 is 17.9 Å². The van der Waals surface area contributed by atoms with Crippen LogP contribution in [-0.2, 0) is 28.6 Å². The van der Waals surface area contributed by atoms with Crippen LogP contribution in [0.5, 0.6) is 0 Å². The summed E-state index contributed by atoms with van der Waals surface area (Å²) in [6.45, 7) is 6.40. The first-order valence-electron chi connectivity index (χ1n) is 34.7. The lowest BCUT2D eigenvalue weighted by Crippen LogP contribution is -2.30. The van der Waals surface area contributed by atoms with Gasteiger partial charge in [-0.1, -0.05) is 315 Å². The first-order chi connectivity index (χ1) is 41.0. The highest BCUT2D eigenvalue weighted by molar-refractivity contribution is 5.71. The van der Waals surface area contributed by atoms with Gasteiger partial charge in [-0.25, -0.2) is 0 Å². The van der Waals surface area contributed by atoms with E-state index in [1.165, 1.54) is 128 Å². The summed E-state index contributed by atoms with van der Waals surface area (Å²) < 4.78 is 16.9. The molecule has 0 aliphatic carbocycles. The molecule has 1 atom stereocenters. The van der Waals surface area contributed by atoms with E-state index in [4.69, 9.17) is 14.2 Å². The first kappa shape index (κ1) is 78.5. The minimum atomic E-state index is -0.808.